The number of carbonyl (C=O) groups is 1. The predicted octanol–water partition coefficient (Wildman–Crippen LogP) is 2.88. The third-order valence-corrected chi connectivity index (χ3v) is 8.52. The molecular formula is C19H26N4O3S2. The summed E-state index contributed by atoms with van der Waals surface area (Å²) in [6, 6.07) is 5.41. The Morgan fingerprint density at radius 1 is 1.14 bits per heavy atom. The third-order valence-electron chi connectivity index (χ3n) is 6.05. The second-order valence-electron chi connectivity index (χ2n) is 7.66. The third kappa shape index (κ3) is 3.55. The van der Waals surface area contributed by atoms with Crippen LogP contribution in [0.25, 0.3) is 11.0 Å². The summed E-state index contributed by atoms with van der Waals surface area (Å²) in [5.41, 5.74) is 1.04. The van der Waals surface area contributed by atoms with E-state index in [1.165, 1.54) is 10.7 Å². The Morgan fingerprint density at radius 2 is 1.93 bits per heavy atom. The molecule has 4 rings (SSSR count). The largest absolute Gasteiger partial charge is 0.339 e. The van der Waals surface area contributed by atoms with Crippen LogP contribution in [0.2, 0.25) is 0 Å². The van der Waals surface area contributed by atoms with Crippen LogP contribution in [0.5, 0.6) is 0 Å². The molecule has 1 amide bonds. The lowest BCUT2D eigenvalue weighted by Gasteiger charge is -2.39. The Bertz CT molecular complexity index is 951. The van der Waals surface area contributed by atoms with Crippen LogP contribution >= 0.6 is 11.7 Å². The summed E-state index contributed by atoms with van der Waals surface area (Å²) >= 11 is 1.02. The number of nitrogens with zero attached hydrogens (tertiary/aromatic N) is 4. The van der Waals surface area contributed by atoms with Crippen LogP contribution < -0.4 is 0 Å². The Balaban J connectivity index is 1.46. The zero-order valence-corrected chi connectivity index (χ0v) is 17.7. The summed E-state index contributed by atoms with van der Waals surface area (Å²) < 4.78 is 36.1. The second-order valence-corrected chi connectivity index (χ2v) is 10.1. The van der Waals surface area contributed by atoms with E-state index in [1.54, 1.807) is 18.2 Å². The molecule has 1 aromatic carbocycles. The Hall–Kier alpha value is -1.58. The van der Waals surface area contributed by atoms with Crippen molar-refractivity contribution in [1.82, 2.24) is 18.0 Å². The summed E-state index contributed by atoms with van der Waals surface area (Å²) in [4.78, 5) is 15.3. The minimum absolute atomic E-state index is 0.0738. The van der Waals surface area contributed by atoms with Gasteiger partial charge in [-0.05, 0) is 50.7 Å². The maximum atomic E-state index is 13.1. The van der Waals surface area contributed by atoms with Crippen molar-refractivity contribution in [2.24, 2.45) is 5.92 Å². The van der Waals surface area contributed by atoms with Crippen molar-refractivity contribution in [3.63, 3.8) is 0 Å². The van der Waals surface area contributed by atoms with E-state index in [0.29, 0.717) is 43.0 Å². The minimum atomic E-state index is -3.64. The van der Waals surface area contributed by atoms with E-state index in [0.717, 1.165) is 37.5 Å². The van der Waals surface area contributed by atoms with E-state index in [4.69, 9.17) is 0 Å². The van der Waals surface area contributed by atoms with Crippen molar-refractivity contribution in [3.8, 4) is 0 Å². The highest BCUT2D eigenvalue weighted by molar-refractivity contribution is 7.89. The van der Waals surface area contributed by atoms with Crippen LogP contribution in [0.3, 0.4) is 0 Å². The van der Waals surface area contributed by atoms with Gasteiger partial charge < -0.3 is 4.90 Å². The average molecular weight is 423 g/mol. The summed E-state index contributed by atoms with van der Waals surface area (Å²) in [5, 5.41) is 0. The van der Waals surface area contributed by atoms with Crippen LogP contribution in [0.15, 0.2) is 23.1 Å². The molecule has 1 aromatic heterocycles. The van der Waals surface area contributed by atoms with Gasteiger partial charge in [-0.3, -0.25) is 4.79 Å². The smallest absolute Gasteiger partial charge is 0.245 e. The first-order valence-corrected chi connectivity index (χ1v) is 12.2. The lowest BCUT2D eigenvalue weighted by molar-refractivity contribution is -0.140. The van der Waals surface area contributed by atoms with Crippen LogP contribution in [0.1, 0.15) is 45.4 Å². The molecule has 0 N–H and O–H groups in total. The van der Waals surface area contributed by atoms with Gasteiger partial charge in [0.25, 0.3) is 0 Å². The predicted molar refractivity (Wildman–Crippen MR) is 109 cm³/mol. The number of benzene rings is 1. The minimum Gasteiger partial charge on any atom is -0.339 e. The fourth-order valence-electron chi connectivity index (χ4n) is 4.42. The van der Waals surface area contributed by atoms with Gasteiger partial charge in [-0.15, -0.1) is 0 Å². The van der Waals surface area contributed by atoms with Crippen molar-refractivity contribution in [2.75, 3.05) is 19.6 Å². The first-order valence-electron chi connectivity index (χ1n) is 10.0. The molecule has 2 fully saturated rings. The fourth-order valence-corrected chi connectivity index (χ4v) is 6.64. The van der Waals surface area contributed by atoms with Gasteiger partial charge in [0.05, 0.1) is 11.7 Å². The quantitative estimate of drug-likeness (QED) is 0.756. The van der Waals surface area contributed by atoms with Gasteiger partial charge in [0.2, 0.25) is 15.9 Å². The molecule has 2 aliphatic rings. The van der Waals surface area contributed by atoms with E-state index in [1.807, 2.05) is 0 Å². The first kappa shape index (κ1) is 19.7. The number of sulfonamides is 1. The van der Waals surface area contributed by atoms with E-state index in [9.17, 15) is 13.2 Å². The number of carbonyl (C=O) groups excluding carboxylic acids is 1. The van der Waals surface area contributed by atoms with Gasteiger partial charge in [-0.2, -0.15) is 13.1 Å². The van der Waals surface area contributed by atoms with Gasteiger partial charge in [0.15, 0.2) is 0 Å². The number of amides is 1. The van der Waals surface area contributed by atoms with Gasteiger partial charge in [-0.25, -0.2) is 8.42 Å². The molecule has 1 atom stereocenters. The van der Waals surface area contributed by atoms with E-state index in [-0.39, 0.29) is 16.7 Å². The molecule has 2 saturated heterocycles. The molecule has 2 aromatic rings. The number of rotatable bonds is 4. The van der Waals surface area contributed by atoms with E-state index < -0.39 is 10.0 Å². The standard InChI is InChI=1S/C19H26N4O3S2/c1-2-15-6-3-4-11-23(15)19(24)14-9-12-22(13-10-14)28(25,26)17-8-5-7-16-18(17)21-27-20-16/h5,7-8,14-15H,2-4,6,9-13H2,1H3. The molecule has 2 aliphatic heterocycles. The van der Waals surface area contributed by atoms with Gasteiger partial charge in [0, 0.05) is 31.6 Å². The van der Waals surface area contributed by atoms with Crippen molar-refractivity contribution in [2.45, 2.75) is 56.4 Å². The number of likely N-dealkylation sites (tertiary alicyclic amines) is 1. The summed E-state index contributed by atoms with van der Waals surface area (Å²) in [5.74, 6) is 0.143. The molecule has 9 heteroatoms. The number of hydrogen-bond acceptors (Lipinski definition) is 6. The lowest BCUT2D eigenvalue weighted by atomic mass is 9.92. The highest BCUT2D eigenvalue weighted by Crippen LogP contribution is 2.30. The Kier molecular flexibility index (Phi) is 5.66. The highest BCUT2D eigenvalue weighted by Gasteiger charge is 2.36. The number of aromatic nitrogens is 2. The van der Waals surface area contributed by atoms with Crippen molar-refractivity contribution in [1.29, 1.82) is 0 Å². The van der Waals surface area contributed by atoms with Crippen LogP contribution in [0.4, 0.5) is 0 Å². The molecule has 152 valence electrons. The lowest BCUT2D eigenvalue weighted by Crippen LogP contribution is -2.49. The van der Waals surface area contributed by atoms with E-state index >= 15 is 0 Å². The molecule has 0 saturated carbocycles. The van der Waals surface area contributed by atoms with Gasteiger partial charge in [-0.1, -0.05) is 13.0 Å². The van der Waals surface area contributed by atoms with Gasteiger partial charge in [0.1, 0.15) is 15.9 Å². The number of piperidine rings is 2. The highest BCUT2D eigenvalue weighted by atomic mass is 32.2. The molecule has 0 aliphatic carbocycles. The zero-order valence-electron chi connectivity index (χ0n) is 16.1. The molecule has 0 radical (unpaired) electrons. The Labute approximate surface area is 170 Å². The molecule has 3 heterocycles. The average Bonchev–Trinajstić information content (AvgIpc) is 3.22. The molecular weight excluding hydrogens is 396 g/mol. The second kappa shape index (κ2) is 8.04. The van der Waals surface area contributed by atoms with Crippen LogP contribution in [-0.4, -0.2) is 58.0 Å². The van der Waals surface area contributed by atoms with E-state index in [2.05, 4.69) is 20.6 Å². The summed E-state index contributed by atoms with van der Waals surface area (Å²) in [6.45, 7) is 3.72. The summed E-state index contributed by atoms with van der Waals surface area (Å²) in [6.07, 6.45) is 5.50. The molecule has 28 heavy (non-hydrogen) atoms. The van der Waals surface area contributed by atoms with Crippen LogP contribution in [0, 0.1) is 5.92 Å². The van der Waals surface area contributed by atoms with Crippen molar-refractivity contribution in [3.05, 3.63) is 18.2 Å². The Morgan fingerprint density at radius 3 is 2.68 bits per heavy atom. The molecule has 0 spiro atoms. The maximum absolute atomic E-state index is 13.1. The normalized spacial score (nSPS) is 22.6. The van der Waals surface area contributed by atoms with Crippen molar-refractivity contribution >= 4 is 38.7 Å². The fraction of sp³-hybridized carbons (Fsp3) is 0.632. The first-order chi connectivity index (χ1) is 13.5. The maximum Gasteiger partial charge on any atom is 0.245 e. The van der Waals surface area contributed by atoms with Gasteiger partial charge >= 0.3 is 0 Å². The number of fused-ring (bicyclic) bond motifs is 1. The molecule has 0 bridgehead atoms. The monoisotopic (exact) mass is 422 g/mol. The molecule has 7 nitrogen and oxygen atoms in total. The summed E-state index contributed by atoms with van der Waals surface area (Å²) in [7, 11) is -3.64. The molecule has 1 unspecified atom stereocenters. The SMILES string of the molecule is CCC1CCCCN1C(=O)C1CCN(S(=O)(=O)c2cccc3nsnc23)CC1. The number of hydrogen-bond donors (Lipinski definition) is 0. The van der Waals surface area contributed by atoms with Crippen molar-refractivity contribution < 1.29 is 13.2 Å². The zero-order chi connectivity index (χ0) is 19.7. The topological polar surface area (TPSA) is 83.5 Å². The van der Waals surface area contributed by atoms with Crippen LogP contribution in [-0.2, 0) is 14.8 Å².